The summed E-state index contributed by atoms with van der Waals surface area (Å²) < 4.78 is 3.07. The highest BCUT2D eigenvalue weighted by Gasteiger charge is 2.27. The molecule has 0 aliphatic heterocycles. The van der Waals surface area contributed by atoms with E-state index in [-0.39, 0.29) is 0 Å². The van der Waals surface area contributed by atoms with E-state index in [4.69, 9.17) is 12.2 Å². The predicted octanol–water partition coefficient (Wildman–Crippen LogP) is 4.40. The molecular formula is C15H21N3S. The summed E-state index contributed by atoms with van der Waals surface area (Å²) in [7, 11) is 0. The van der Waals surface area contributed by atoms with Crippen LogP contribution in [0.4, 0.5) is 0 Å². The Labute approximate surface area is 119 Å². The molecule has 1 aliphatic rings. The fraction of sp³-hybridized carbons (Fsp3) is 0.600. The molecule has 0 amide bonds. The fourth-order valence-corrected chi connectivity index (χ4v) is 3.53. The van der Waals surface area contributed by atoms with Crippen molar-refractivity contribution in [3.05, 3.63) is 22.6 Å². The van der Waals surface area contributed by atoms with Gasteiger partial charge in [-0.05, 0) is 62.4 Å². The third-order valence-electron chi connectivity index (χ3n) is 4.64. The maximum absolute atomic E-state index is 5.51. The lowest BCUT2D eigenvalue weighted by Gasteiger charge is -2.32. The molecule has 2 aromatic heterocycles. The number of nitrogens with zero attached hydrogens (tertiary/aromatic N) is 2. The van der Waals surface area contributed by atoms with Gasteiger partial charge in [-0.2, -0.15) is 0 Å². The molecule has 2 heterocycles. The summed E-state index contributed by atoms with van der Waals surface area (Å²) in [6.07, 6.45) is 3.70. The lowest BCUT2D eigenvalue weighted by atomic mass is 9.79. The first-order chi connectivity index (χ1) is 9.06. The Balaban J connectivity index is 2.07. The van der Waals surface area contributed by atoms with Crippen molar-refractivity contribution in [1.82, 2.24) is 14.5 Å². The highest BCUT2D eigenvalue weighted by Crippen LogP contribution is 2.37. The van der Waals surface area contributed by atoms with Crippen LogP contribution in [0.3, 0.4) is 0 Å². The fourth-order valence-electron chi connectivity index (χ4n) is 3.19. The zero-order chi connectivity index (χ0) is 13.6. The average Bonchev–Trinajstić information content (AvgIpc) is 2.68. The van der Waals surface area contributed by atoms with Gasteiger partial charge in [-0.3, -0.25) is 4.57 Å². The predicted molar refractivity (Wildman–Crippen MR) is 80.9 cm³/mol. The summed E-state index contributed by atoms with van der Waals surface area (Å²) >= 11 is 5.51. The first kappa shape index (κ1) is 12.9. The molecule has 2 aromatic rings. The third-order valence-corrected chi connectivity index (χ3v) is 4.94. The van der Waals surface area contributed by atoms with Crippen LogP contribution in [0.1, 0.15) is 44.8 Å². The summed E-state index contributed by atoms with van der Waals surface area (Å²) in [6, 6.07) is 4.62. The lowest BCUT2D eigenvalue weighted by Crippen LogP contribution is -2.23. The maximum atomic E-state index is 5.51. The Bertz CT molecular complexity index is 655. The van der Waals surface area contributed by atoms with Crippen molar-refractivity contribution in [2.24, 2.45) is 11.8 Å². The molecule has 0 saturated heterocycles. The highest BCUT2D eigenvalue weighted by atomic mass is 32.1. The van der Waals surface area contributed by atoms with Gasteiger partial charge < -0.3 is 4.98 Å². The Morgan fingerprint density at radius 1 is 1.26 bits per heavy atom. The number of rotatable bonds is 1. The van der Waals surface area contributed by atoms with Crippen LogP contribution in [-0.2, 0) is 0 Å². The first-order valence-electron chi connectivity index (χ1n) is 7.14. The van der Waals surface area contributed by atoms with Crippen LogP contribution in [0.5, 0.6) is 0 Å². The molecule has 3 atom stereocenters. The van der Waals surface area contributed by atoms with Gasteiger partial charge in [0.1, 0.15) is 0 Å². The molecule has 0 bridgehead atoms. The molecule has 0 aromatic carbocycles. The number of nitrogens with one attached hydrogen (secondary N) is 1. The molecule has 1 saturated carbocycles. The van der Waals surface area contributed by atoms with Gasteiger partial charge in [0.2, 0.25) is 0 Å². The van der Waals surface area contributed by atoms with Gasteiger partial charge in [-0.25, -0.2) is 4.98 Å². The minimum atomic E-state index is 0.502. The van der Waals surface area contributed by atoms with Crippen molar-refractivity contribution < 1.29 is 0 Å². The summed E-state index contributed by atoms with van der Waals surface area (Å²) in [6.45, 7) is 6.75. The summed E-state index contributed by atoms with van der Waals surface area (Å²) in [4.78, 5) is 7.97. The van der Waals surface area contributed by atoms with Crippen LogP contribution in [0.2, 0.25) is 0 Å². The largest absolute Gasteiger partial charge is 0.329 e. The quantitative estimate of drug-likeness (QED) is 0.783. The number of pyridine rings is 1. The molecule has 3 unspecified atom stereocenters. The van der Waals surface area contributed by atoms with Crippen LogP contribution < -0.4 is 0 Å². The van der Waals surface area contributed by atoms with E-state index in [1.165, 1.54) is 19.3 Å². The van der Waals surface area contributed by atoms with Gasteiger partial charge in [-0.1, -0.05) is 13.8 Å². The van der Waals surface area contributed by atoms with E-state index >= 15 is 0 Å². The van der Waals surface area contributed by atoms with Gasteiger partial charge >= 0.3 is 0 Å². The average molecular weight is 275 g/mol. The summed E-state index contributed by atoms with van der Waals surface area (Å²) in [5.41, 5.74) is 3.13. The summed E-state index contributed by atoms with van der Waals surface area (Å²) in [5.74, 6) is 1.58. The van der Waals surface area contributed by atoms with Gasteiger partial charge in [0.25, 0.3) is 0 Å². The van der Waals surface area contributed by atoms with E-state index < -0.39 is 0 Å². The number of hydrogen-bond donors (Lipinski definition) is 1. The molecule has 4 heteroatoms. The van der Waals surface area contributed by atoms with Gasteiger partial charge in [-0.15, -0.1) is 0 Å². The molecule has 3 rings (SSSR count). The van der Waals surface area contributed by atoms with E-state index in [0.29, 0.717) is 6.04 Å². The number of H-pyrrole nitrogens is 1. The molecule has 1 aliphatic carbocycles. The van der Waals surface area contributed by atoms with Crippen molar-refractivity contribution in [2.45, 2.75) is 46.1 Å². The van der Waals surface area contributed by atoms with E-state index in [2.05, 4.69) is 34.4 Å². The molecule has 19 heavy (non-hydrogen) atoms. The number of fused-ring (bicyclic) bond motifs is 1. The Morgan fingerprint density at radius 2 is 2.05 bits per heavy atom. The second-order valence-corrected chi connectivity index (χ2v) is 6.43. The van der Waals surface area contributed by atoms with Crippen molar-refractivity contribution in [3.8, 4) is 0 Å². The van der Waals surface area contributed by atoms with Gasteiger partial charge in [0, 0.05) is 11.7 Å². The molecule has 0 spiro atoms. The van der Waals surface area contributed by atoms with E-state index in [1.54, 1.807) is 0 Å². The van der Waals surface area contributed by atoms with E-state index in [9.17, 15) is 0 Å². The van der Waals surface area contributed by atoms with Crippen LogP contribution in [0, 0.1) is 23.5 Å². The Morgan fingerprint density at radius 3 is 2.79 bits per heavy atom. The van der Waals surface area contributed by atoms with Crippen molar-refractivity contribution in [2.75, 3.05) is 0 Å². The molecule has 102 valence electrons. The van der Waals surface area contributed by atoms with E-state index in [1.807, 2.05) is 13.0 Å². The second kappa shape index (κ2) is 4.75. The zero-order valence-corrected chi connectivity index (χ0v) is 12.6. The number of aromatic amines is 1. The maximum Gasteiger partial charge on any atom is 0.179 e. The third kappa shape index (κ3) is 2.22. The van der Waals surface area contributed by atoms with Gasteiger partial charge in [0.05, 0.1) is 5.52 Å². The standard InChI is InChI=1S/C15H21N3S/c1-9-4-6-12(8-10(9)2)18-14-13(17-15(18)19)7-5-11(3)16-14/h5,7,9-10,12H,4,6,8H2,1-3H3,(H,17,19). The van der Waals surface area contributed by atoms with E-state index in [0.717, 1.165) is 33.5 Å². The minimum Gasteiger partial charge on any atom is -0.329 e. The SMILES string of the molecule is Cc1ccc2[nH]c(=S)n(C3CCC(C)C(C)C3)c2n1. The molecule has 1 fully saturated rings. The van der Waals surface area contributed by atoms with Crippen molar-refractivity contribution >= 4 is 23.4 Å². The van der Waals surface area contributed by atoms with Crippen molar-refractivity contribution in [1.29, 1.82) is 0 Å². The summed E-state index contributed by atoms with van der Waals surface area (Å²) in [5, 5.41) is 0. The molecule has 0 radical (unpaired) electrons. The number of aromatic nitrogens is 3. The molecule has 3 nitrogen and oxygen atoms in total. The second-order valence-electron chi connectivity index (χ2n) is 6.05. The molecular weight excluding hydrogens is 254 g/mol. The van der Waals surface area contributed by atoms with Crippen LogP contribution in [-0.4, -0.2) is 14.5 Å². The van der Waals surface area contributed by atoms with Crippen LogP contribution in [0.25, 0.3) is 11.2 Å². The number of aryl methyl sites for hydroxylation is 1. The zero-order valence-electron chi connectivity index (χ0n) is 11.8. The number of hydrogen-bond acceptors (Lipinski definition) is 2. The first-order valence-corrected chi connectivity index (χ1v) is 7.55. The van der Waals surface area contributed by atoms with Gasteiger partial charge in [0.15, 0.2) is 10.4 Å². The van der Waals surface area contributed by atoms with Crippen molar-refractivity contribution in [3.63, 3.8) is 0 Å². The van der Waals surface area contributed by atoms with Crippen LogP contribution in [0.15, 0.2) is 12.1 Å². The monoisotopic (exact) mass is 275 g/mol. The normalized spacial score (nSPS) is 27.8. The Hall–Kier alpha value is -1.16. The highest BCUT2D eigenvalue weighted by molar-refractivity contribution is 7.71. The lowest BCUT2D eigenvalue weighted by molar-refractivity contribution is 0.212. The smallest absolute Gasteiger partial charge is 0.179 e. The Kier molecular flexibility index (Phi) is 3.21. The van der Waals surface area contributed by atoms with Crippen LogP contribution >= 0.6 is 12.2 Å². The minimum absolute atomic E-state index is 0.502. The molecule has 1 N–H and O–H groups in total. The topological polar surface area (TPSA) is 33.6 Å². The number of imidazole rings is 1.